The van der Waals surface area contributed by atoms with E-state index in [1.165, 1.54) is 0 Å². The molecule has 0 saturated carbocycles. The maximum absolute atomic E-state index is 10.8. The Labute approximate surface area is 65.7 Å². The molecule has 0 aromatic rings. The van der Waals surface area contributed by atoms with Crippen molar-refractivity contribution in [3.63, 3.8) is 0 Å². The zero-order valence-electron chi connectivity index (χ0n) is 6.52. The van der Waals surface area contributed by atoms with Crippen molar-refractivity contribution in [2.75, 3.05) is 13.1 Å². The van der Waals surface area contributed by atoms with Crippen LogP contribution in [0.4, 0.5) is 0 Å². The molecule has 0 radical (unpaired) electrons. The Balaban J connectivity index is 3.31. The zero-order valence-corrected chi connectivity index (χ0v) is 6.52. The largest absolute Gasteiger partial charge is 0.357 e. The SMILES string of the molecule is C=C(C)C(=O)NCCNC=O. The molecule has 0 rings (SSSR count). The van der Waals surface area contributed by atoms with Gasteiger partial charge in [-0.15, -0.1) is 0 Å². The van der Waals surface area contributed by atoms with Crippen LogP contribution < -0.4 is 10.6 Å². The first-order chi connectivity index (χ1) is 5.18. The van der Waals surface area contributed by atoms with Gasteiger partial charge in [0.2, 0.25) is 12.3 Å². The Kier molecular flexibility index (Phi) is 4.81. The third-order valence-corrected chi connectivity index (χ3v) is 1.03. The van der Waals surface area contributed by atoms with Crippen LogP contribution in [0.15, 0.2) is 12.2 Å². The third kappa shape index (κ3) is 5.14. The number of carbonyl (C=O) groups excluding carboxylic acids is 2. The lowest BCUT2D eigenvalue weighted by Crippen LogP contribution is -2.31. The van der Waals surface area contributed by atoms with E-state index in [4.69, 9.17) is 0 Å². The van der Waals surface area contributed by atoms with E-state index in [2.05, 4.69) is 17.2 Å². The average molecular weight is 156 g/mol. The number of amides is 2. The highest BCUT2D eigenvalue weighted by molar-refractivity contribution is 5.92. The first kappa shape index (κ1) is 9.68. The topological polar surface area (TPSA) is 58.2 Å². The molecule has 0 spiro atoms. The highest BCUT2D eigenvalue weighted by atomic mass is 16.1. The monoisotopic (exact) mass is 156 g/mol. The molecule has 0 heterocycles. The maximum Gasteiger partial charge on any atom is 0.246 e. The minimum Gasteiger partial charge on any atom is -0.357 e. The predicted octanol–water partition coefficient (Wildman–Crippen LogP) is -0.575. The summed E-state index contributed by atoms with van der Waals surface area (Å²) in [6.45, 7) is 5.96. The van der Waals surface area contributed by atoms with E-state index in [1.54, 1.807) is 6.92 Å². The fraction of sp³-hybridized carbons (Fsp3) is 0.429. The van der Waals surface area contributed by atoms with Crippen molar-refractivity contribution in [3.05, 3.63) is 12.2 Å². The molecule has 0 fully saturated rings. The van der Waals surface area contributed by atoms with Gasteiger partial charge in [0.05, 0.1) is 0 Å². The summed E-state index contributed by atoms with van der Waals surface area (Å²) in [6, 6.07) is 0. The van der Waals surface area contributed by atoms with E-state index in [9.17, 15) is 9.59 Å². The summed E-state index contributed by atoms with van der Waals surface area (Å²) in [5, 5.41) is 4.97. The first-order valence-electron chi connectivity index (χ1n) is 3.29. The van der Waals surface area contributed by atoms with Crippen molar-refractivity contribution in [2.45, 2.75) is 6.92 Å². The van der Waals surface area contributed by atoms with Crippen LogP contribution in [0.3, 0.4) is 0 Å². The Morgan fingerprint density at radius 1 is 1.55 bits per heavy atom. The molecule has 0 aliphatic carbocycles. The van der Waals surface area contributed by atoms with Gasteiger partial charge in [-0.2, -0.15) is 0 Å². The molecule has 11 heavy (non-hydrogen) atoms. The van der Waals surface area contributed by atoms with Crippen LogP contribution in [0.1, 0.15) is 6.92 Å². The van der Waals surface area contributed by atoms with E-state index in [1.807, 2.05) is 0 Å². The standard InChI is InChI=1S/C7H12N2O2/c1-6(2)7(11)9-4-3-8-5-10/h5H,1,3-4H2,2H3,(H,8,10)(H,9,11). The number of nitrogens with one attached hydrogen (secondary N) is 2. The number of carbonyl (C=O) groups is 2. The van der Waals surface area contributed by atoms with Gasteiger partial charge in [0.1, 0.15) is 0 Å². The van der Waals surface area contributed by atoms with Crippen LogP contribution in [0, 0.1) is 0 Å². The number of hydrogen-bond donors (Lipinski definition) is 2. The summed E-state index contributed by atoms with van der Waals surface area (Å²) in [7, 11) is 0. The second-order valence-corrected chi connectivity index (χ2v) is 2.11. The van der Waals surface area contributed by atoms with Crippen molar-refractivity contribution in [3.8, 4) is 0 Å². The van der Waals surface area contributed by atoms with Crippen LogP contribution in [0.2, 0.25) is 0 Å². The predicted molar refractivity (Wildman–Crippen MR) is 41.9 cm³/mol. The number of rotatable bonds is 5. The molecule has 0 aliphatic heterocycles. The lowest BCUT2D eigenvalue weighted by molar-refractivity contribution is -0.117. The van der Waals surface area contributed by atoms with Crippen molar-refractivity contribution in [1.82, 2.24) is 10.6 Å². The lowest BCUT2D eigenvalue weighted by Gasteiger charge is -2.02. The van der Waals surface area contributed by atoms with E-state index in [0.29, 0.717) is 25.1 Å². The normalized spacial score (nSPS) is 8.45. The molecule has 62 valence electrons. The van der Waals surface area contributed by atoms with Gasteiger partial charge in [0.15, 0.2) is 0 Å². The summed E-state index contributed by atoms with van der Waals surface area (Å²) in [5.74, 6) is -0.183. The molecule has 2 amide bonds. The Bertz CT molecular complexity index is 166. The molecular formula is C7H12N2O2. The highest BCUT2D eigenvalue weighted by Crippen LogP contribution is 1.83. The molecule has 4 heteroatoms. The van der Waals surface area contributed by atoms with Crippen molar-refractivity contribution in [1.29, 1.82) is 0 Å². The summed E-state index contributed by atoms with van der Waals surface area (Å²) in [6.07, 6.45) is 0.590. The van der Waals surface area contributed by atoms with Gasteiger partial charge < -0.3 is 10.6 Å². The van der Waals surface area contributed by atoms with Gasteiger partial charge in [-0.05, 0) is 6.92 Å². The fourth-order valence-electron chi connectivity index (χ4n) is 0.458. The molecule has 0 saturated heterocycles. The molecule has 4 nitrogen and oxygen atoms in total. The van der Waals surface area contributed by atoms with Crippen LogP contribution in [0.5, 0.6) is 0 Å². The van der Waals surface area contributed by atoms with E-state index >= 15 is 0 Å². The van der Waals surface area contributed by atoms with Gasteiger partial charge in [-0.1, -0.05) is 6.58 Å². The average Bonchev–Trinajstić information content (AvgIpc) is 1.97. The second kappa shape index (κ2) is 5.46. The minimum absolute atomic E-state index is 0.183. The quantitative estimate of drug-likeness (QED) is 0.318. The minimum atomic E-state index is -0.183. The van der Waals surface area contributed by atoms with Gasteiger partial charge in [-0.3, -0.25) is 9.59 Å². The molecular weight excluding hydrogens is 144 g/mol. The summed E-state index contributed by atoms with van der Waals surface area (Å²) in [4.78, 5) is 20.5. The molecule has 0 atom stereocenters. The van der Waals surface area contributed by atoms with Crippen molar-refractivity contribution < 1.29 is 9.59 Å². The Morgan fingerprint density at radius 3 is 2.64 bits per heavy atom. The van der Waals surface area contributed by atoms with Gasteiger partial charge >= 0.3 is 0 Å². The molecule has 2 N–H and O–H groups in total. The van der Waals surface area contributed by atoms with Crippen LogP contribution in [-0.2, 0) is 9.59 Å². The van der Waals surface area contributed by atoms with Gasteiger partial charge in [-0.25, -0.2) is 0 Å². The highest BCUT2D eigenvalue weighted by Gasteiger charge is 1.97. The van der Waals surface area contributed by atoms with Crippen LogP contribution in [0.25, 0.3) is 0 Å². The lowest BCUT2D eigenvalue weighted by atomic mass is 10.3. The van der Waals surface area contributed by atoms with E-state index in [0.717, 1.165) is 0 Å². The van der Waals surface area contributed by atoms with Gasteiger partial charge in [0, 0.05) is 18.7 Å². The second-order valence-electron chi connectivity index (χ2n) is 2.11. The van der Waals surface area contributed by atoms with E-state index < -0.39 is 0 Å². The fourth-order valence-corrected chi connectivity index (χ4v) is 0.458. The molecule has 0 aromatic carbocycles. The first-order valence-corrected chi connectivity index (χ1v) is 3.29. The van der Waals surface area contributed by atoms with Crippen molar-refractivity contribution >= 4 is 12.3 Å². The molecule has 0 aromatic heterocycles. The molecule has 0 unspecified atom stereocenters. The number of hydrogen-bond acceptors (Lipinski definition) is 2. The summed E-state index contributed by atoms with van der Waals surface area (Å²) in [5.41, 5.74) is 0.469. The summed E-state index contributed by atoms with van der Waals surface area (Å²) >= 11 is 0. The third-order valence-electron chi connectivity index (χ3n) is 1.03. The Morgan fingerprint density at radius 2 is 2.18 bits per heavy atom. The zero-order chi connectivity index (χ0) is 8.69. The summed E-state index contributed by atoms with van der Waals surface area (Å²) < 4.78 is 0. The van der Waals surface area contributed by atoms with E-state index in [-0.39, 0.29) is 5.91 Å². The smallest absolute Gasteiger partial charge is 0.246 e. The van der Waals surface area contributed by atoms with Crippen molar-refractivity contribution in [2.24, 2.45) is 0 Å². The van der Waals surface area contributed by atoms with Gasteiger partial charge in [0.25, 0.3) is 0 Å². The Hall–Kier alpha value is -1.32. The van der Waals surface area contributed by atoms with Crippen LogP contribution >= 0.6 is 0 Å². The van der Waals surface area contributed by atoms with Crippen LogP contribution in [-0.4, -0.2) is 25.4 Å². The molecule has 0 aliphatic rings. The maximum atomic E-state index is 10.8. The molecule has 0 bridgehead atoms.